The molecule has 8 nitrogen and oxygen atoms in total. The number of nitrogens with zero attached hydrogens (tertiary/aromatic N) is 2. The van der Waals surface area contributed by atoms with Crippen molar-refractivity contribution in [3.05, 3.63) is 59.7 Å². The SMILES string of the molecule is CCO[N+]1=C(Nc2ccc(CCc3ccc(NC4=[N+](OCC)CCN4)cc3)cc2)NCC1. The third kappa shape index (κ3) is 5.63. The molecule has 2 heterocycles. The van der Waals surface area contributed by atoms with Gasteiger partial charge in [0.05, 0.1) is 24.5 Å². The second-order valence-corrected chi connectivity index (χ2v) is 7.73. The van der Waals surface area contributed by atoms with Gasteiger partial charge in [0.2, 0.25) is 0 Å². The molecule has 0 atom stereocenters. The molecule has 0 fully saturated rings. The molecule has 32 heavy (non-hydrogen) atoms. The third-order valence-corrected chi connectivity index (χ3v) is 5.42. The van der Waals surface area contributed by atoms with Crippen molar-refractivity contribution >= 4 is 23.3 Å². The fourth-order valence-electron chi connectivity index (χ4n) is 3.81. The fourth-order valence-corrected chi connectivity index (χ4v) is 3.81. The van der Waals surface area contributed by atoms with Gasteiger partial charge >= 0.3 is 11.9 Å². The minimum absolute atomic E-state index is 0.658. The molecule has 2 aliphatic heterocycles. The van der Waals surface area contributed by atoms with E-state index in [-0.39, 0.29) is 0 Å². The molecule has 2 aliphatic rings. The van der Waals surface area contributed by atoms with Crippen molar-refractivity contribution in [1.82, 2.24) is 10.6 Å². The summed E-state index contributed by atoms with van der Waals surface area (Å²) in [6.45, 7) is 8.78. The van der Waals surface area contributed by atoms with Crippen molar-refractivity contribution in [2.24, 2.45) is 0 Å². The Balaban J connectivity index is 1.28. The standard InChI is InChI=1S/C24H32N6O2/c1-3-31-29-17-15-25-23(29)27-21-11-7-19(8-12-21)5-6-20-9-13-22(14-10-20)28-24-26-16-18-30(24)32-4-2/h7-14H,3-6,15-18H2,1-2H3,(H2,25,26,27,28)/p+2. The van der Waals surface area contributed by atoms with Gasteiger partial charge in [0.25, 0.3) is 0 Å². The number of hydroxylamine groups is 2. The Morgan fingerprint density at radius 3 is 1.47 bits per heavy atom. The largest absolute Gasteiger partial charge is 0.387 e. The Hall–Kier alpha value is -3.42. The van der Waals surface area contributed by atoms with E-state index in [0.717, 1.165) is 62.3 Å². The van der Waals surface area contributed by atoms with Gasteiger partial charge in [0.15, 0.2) is 0 Å². The molecule has 4 N–H and O–H groups in total. The molecular formula is C24H34N6O2+2. The molecule has 170 valence electrons. The van der Waals surface area contributed by atoms with Gasteiger partial charge in [0.1, 0.15) is 26.3 Å². The average molecular weight is 439 g/mol. The van der Waals surface area contributed by atoms with Crippen LogP contribution in [0.1, 0.15) is 25.0 Å². The van der Waals surface area contributed by atoms with Gasteiger partial charge in [0, 0.05) is 0 Å². The Morgan fingerprint density at radius 2 is 1.09 bits per heavy atom. The molecule has 0 bridgehead atoms. The first-order valence-corrected chi connectivity index (χ1v) is 11.5. The van der Waals surface area contributed by atoms with Crippen LogP contribution in [0.4, 0.5) is 11.4 Å². The summed E-state index contributed by atoms with van der Waals surface area (Å²) in [5.41, 5.74) is 4.75. The van der Waals surface area contributed by atoms with Crippen LogP contribution < -0.4 is 21.3 Å². The number of guanidine groups is 2. The summed E-state index contributed by atoms with van der Waals surface area (Å²) in [6, 6.07) is 17.2. The van der Waals surface area contributed by atoms with Crippen molar-refractivity contribution in [2.75, 3.05) is 50.0 Å². The first-order chi connectivity index (χ1) is 15.7. The van der Waals surface area contributed by atoms with Crippen molar-refractivity contribution in [3.63, 3.8) is 0 Å². The molecule has 2 aromatic carbocycles. The van der Waals surface area contributed by atoms with Crippen LogP contribution in [0, 0.1) is 0 Å². The van der Waals surface area contributed by atoms with E-state index in [0.29, 0.717) is 13.2 Å². The molecule has 0 spiro atoms. The van der Waals surface area contributed by atoms with Crippen LogP contribution in [0.25, 0.3) is 0 Å². The van der Waals surface area contributed by atoms with Gasteiger partial charge in [-0.3, -0.25) is 10.6 Å². The highest BCUT2D eigenvalue weighted by molar-refractivity contribution is 5.90. The van der Waals surface area contributed by atoms with Crippen LogP contribution in [0.3, 0.4) is 0 Å². The zero-order valence-corrected chi connectivity index (χ0v) is 19.0. The molecular weight excluding hydrogens is 404 g/mol. The molecule has 0 unspecified atom stereocenters. The smallest absolute Gasteiger partial charge is 0.362 e. The van der Waals surface area contributed by atoms with Gasteiger partial charge in [-0.05, 0) is 62.1 Å². The van der Waals surface area contributed by atoms with Crippen molar-refractivity contribution < 1.29 is 19.2 Å². The van der Waals surface area contributed by atoms with Crippen LogP contribution in [0.15, 0.2) is 48.5 Å². The van der Waals surface area contributed by atoms with E-state index in [9.17, 15) is 0 Å². The topological polar surface area (TPSA) is 72.6 Å². The molecule has 8 heteroatoms. The van der Waals surface area contributed by atoms with Crippen LogP contribution >= 0.6 is 0 Å². The van der Waals surface area contributed by atoms with Gasteiger partial charge in [-0.2, -0.15) is 0 Å². The van der Waals surface area contributed by atoms with Crippen LogP contribution in [-0.2, 0) is 22.5 Å². The first-order valence-electron chi connectivity index (χ1n) is 11.5. The van der Waals surface area contributed by atoms with E-state index in [2.05, 4.69) is 69.8 Å². The monoisotopic (exact) mass is 438 g/mol. The van der Waals surface area contributed by atoms with E-state index >= 15 is 0 Å². The molecule has 0 saturated carbocycles. The molecule has 0 amide bonds. The minimum atomic E-state index is 0.658. The van der Waals surface area contributed by atoms with Crippen LogP contribution in [0.5, 0.6) is 0 Å². The Labute approximate surface area is 189 Å². The predicted molar refractivity (Wildman–Crippen MR) is 127 cm³/mol. The summed E-state index contributed by atoms with van der Waals surface area (Å²) in [4.78, 5) is 11.2. The van der Waals surface area contributed by atoms with Crippen LogP contribution in [-0.4, -0.2) is 60.8 Å². The van der Waals surface area contributed by atoms with E-state index in [1.807, 2.05) is 23.3 Å². The fraction of sp³-hybridized carbons (Fsp3) is 0.417. The summed E-state index contributed by atoms with van der Waals surface area (Å²) >= 11 is 0. The maximum absolute atomic E-state index is 5.61. The molecule has 2 aromatic rings. The molecule has 4 rings (SSSR count). The summed E-state index contributed by atoms with van der Waals surface area (Å²) in [5.74, 6) is 1.81. The number of aryl methyl sites for hydroxylation is 2. The lowest BCUT2D eigenvalue weighted by Gasteiger charge is -2.07. The van der Waals surface area contributed by atoms with Gasteiger partial charge in [-0.15, -0.1) is 0 Å². The zero-order chi connectivity index (χ0) is 22.2. The number of rotatable bonds is 9. The van der Waals surface area contributed by atoms with Gasteiger partial charge < -0.3 is 9.68 Å². The van der Waals surface area contributed by atoms with Gasteiger partial charge in [-0.25, -0.2) is 10.6 Å². The minimum Gasteiger partial charge on any atom is -0.362 e. The summed E-state index contributed by atoms with van der Waals surface area (Å²) in [7, 11) is 0. The lowest BCUT2D eigenvalue weighted by molar-refractivity contribution is -0.781. The van der Waals surface area contributed by atoms with Gasteiger partial charge in [-0.1, -0.05) is 33.7 Å². The van der Waals surface area contributed by atoms with Crippen LogP contribution in [0.2, 0.25) is 0 Å². The maximum atomic E-state index is 5.61. The van der Waals surface area contributed by atoms with Crippen molar-refractivity contribution in [2.45, 2.75) is 26.7 Å². The number of anilines is 2. The predicted octanol–water partition coefficient (Wildman–Crippen LogP) is 2.14. The summed E-state index contributed by atoms with van der Waals surface area (Å²) in [5, 5.41) is 13.5. The number of benzene rings is 2. The number of nitrogens with one attached hydrogen (secondary N) is 4. The van der Waals surface area contributed by atoms with Crippen molar-refractivity contribution in [3.8, 4) is 0 Å². The highest BCUT2D eigenvalue weighted by Gasteiger charge is 2.22. The normalized spacial score (nSPS) is 15.4. The number of hydrogen-bond donors (Lipinski definition) is 4. The lowest BCUT2D eigenvalue weighted by atomic mass is 10.0. The third-order valence-electron chi connectivity index (χ3n) is 5.42. The zero-order valence-electron chi connectivity index (χ0n) is 19.0. The highest BCUT2D eigenvalue weighted by Crippen LogP contribution is 2.15. The van der Waals surface area contributed by atoms with E-state index < -0.39 is 0 Å². The Bertz CT molecular complexity index is 874. The van der Waals surface area contributed by atoms with Crippen molar-refractivity contribution in [1.29, 1.82) is 0 Å². The maximum Gasteiger partial charge on any atom is 0.387 e. The Morgan fingerprint density at radius 1 is 0.688 bits per heavy atom. The average Bonchev–Trinajstić information content (AvgIpc) is 3.44. The second-order valence-electron chi connectivity index (χ2n) is 7.73. The lowest BCUT2D eigenvalue weighted by Crippen LogP contribution is -2.31. The van der Waals surface area contributed by atoms with E-state index in [4.69, 9.17) is 9.68 Å². The molecule has 0 aromatic heterocycles. The molecule has 0 radical (unpaired) electrons. The first kappa shape index (κ1) is 21.8. The molecule has 0 saturated heterocycles. The van der Waals surface area contributed by atoms with E-state index in [1.165, 1.54) is 11.1 Å². The second kappa shape index (κ2) is 10.7. The van der Waals surface area contributed by atoms with E-state index in [1.54, 1.807) is 0 Å². The Kier molecular flexibility index (Phi) is 7.32. The quantitative estimate of drug-likeness (QED) is 0.450. The summed E-state index contributed by atoms with van der Waals surface area (Å²) in [6.07, 6.45) is 2.01. The number of hydrogen-bond acceptors (Lipinski definition) is 6. The highest BCUT2D eigenvalue weighted by atomic mass is 16.7. The molecule has 0 aliphatic carbocycles. The summed E-state index contributed by atoms with van der Waals surface area (Å²) < 4.78 is 3.75.